The zero-order chi connectivity index (χ0) is 21.4. The van der Waals surface area contributed by atoms with Gasteiger partial charge in [-0.05, 0) is 55.7 Å². The van der Waals surface area contributed by atoms with Crippen LogP contribution in [0.2, 0.25) is 0 Å². The van der Waals surface area contributed by atoms with Gasteiger partial charge in [0.05, 0.1) is 11.0 Å². The van der Waals surface area contributed by atoms with Gasteiger partial charge in [-0.15, -0.1) is 0 Å². The summed E-state index contributed by atoms with van der Waals surface area (Å²) >= 11 is 0. The molecule has 9 heteroatoms. The zero-order valence-corrected chi connectivity index (χ0v) is 16.8. The monoisotopic (exact) mass is 419 g/mol. The van der Waals surface area contributed by atoms with Crippen LogP contribution < -0.4 is 11.1 Å². The van der Waals surface area contributed by atoms with Gasteiger partial charge in [-0.2, -0.15) is 5.10 Å². The van der Waals surface area contributed by atoms with E-state index in [0.29, 0.717) is 29.9 Å². The van der Waals surface area contributed by atoms with Gasteiger partial charge in [0.1, 0.15) is 6.54 Å². The van der Waals surface area contributed by atoms with E-state index in [9.17, 15) is 14.4 Å². The van der Waals surface area contributed by atoms with E-state index in [4.69, 9.17) is 4.42 Å². The topological polar surface area (TPSA) is 102 Å². The largest absolute Gasteiger partial charge is 0.420 e. The first-order valence-electron chi connectivity index (χ1n) is 10.3. The van der Waals surface area contributed by atoms with Crippen LogP contribution in [0.3, 0.4) is 0 Å². The predicted molar refractivity (Wildman–Crippen MR) is 114 cm³/mol. The van der Waals surface area contributed by atoms with Gasteiger partial charge in [0, 0.05) is 25.0 Å². The number of hydrogen-bond acceptors (Lipinski definition) is 5. The molecule has 1 fully saturated rings. The number of amides is 2. The summed E-state index contributed by atoms with van der Waals surface area (Å²) in [6, 6.07) is 12.2. The lowest BCUT2D eigenvalue weighted by Gasteiger charge is -2.26. The van der Waals surface area contributed by atoms with Gasteiger partial charge in [-0.1, -0.05) is 6.07 Å². The summed E-state index contributed by atoms with van der Waals surface area (Å²) in [7, 11) is 0. The maximum atomic E-state index is 12.7. The number of pyridine rings is 1. The lowest BCUT2D eigenvalue weighted by atomic mass is 10.1. The molecular formula is C22H21N5O4. The molecule has 1 aliphatic heterocycles. The smallest absolute Gasteiger partial charge is 0.408 e. The average Bonchev–Trinajstić information content (AvgIpc) is 3.35. The van der Waals surface area contributed by atoms with Gasteiger partial charge in [0.15, 0.2) is 11.3 Å². The molecule has 31 heavy (non-hydrogen) atoms. The maximum Gasteiger partial charge on any atom is 0.420 e. The second kappa shape index (κ2) is 7.75. The van der Waals surface area contributed by atoms with Crippen molar-refractivity contribution in [3.05, 3.63) is 64.9 Å². The average molecular weight is 419 g/mol. The summed E-state index contributed by atoms with van der Waals surface area (Å²) in [5.41, 5.74) is 2.39. The molecule has 3 aromatic heterocycles. The summed E-state index contributed by atoms with van der Waals surface area (Å²) in [4.78, 5) is 39.4. The molecule has 1 saturated heterocycles. The molecule has 2 amide bonds. The summed E-state index contributed by atoms with van der Waals surface area (Å²) in [6.07, 6.45) is 4.84. The van der Waals surface area contributed by atoms with Gasteiger partial charge >= 0.3 is 5.76 Å². The van der Waals surface area contributed by atoms with E-state index in [-0.39, 0.29) is 24.1 Å². The second-order valence-corrected chi connectivity index (χ2v) is 7.63. The van der Waals surface area contributed by atoms with Crippen molar-refractivity contribution in [1.29, 1.82) is 0 Å². The third-order valence-electron chi connectivity index (χ3n) is 5.53. The predicted octanol–water partition coefficient (Wildman–Crippen LogP) is 2.51. The number of hydrogen-bond donors (Lipinski definition) is 1. The van der Waals surface area contributed by atoms with Crippen LogP contribution in [0.5, 0.6) is 0 Å². The number of carbonyl (C=O) groups is 2. The van der Waals surface area contributed by atoms with Crippen molar-refractivity contribution in [2.45, 2.75) is 25.8 Å². The zero-order valence-electron chi connectivity index (χ0n) is 16.8. The van der Waals surface area contributed by atoms with Crippen molar-refractivity contribution >= 4 is 34.1 Å². The number of benzene rings is 1. The van der Waals surface area contributed by atoms with Crippen molar-refractivity contribution in [3.8, 4) is 0 Å². The fraction of sp³-hybridized carbons (Fsp3) is 0.273. The van der Waals surface area contributed by atoms with Gasteiger partial charge in [-0.3, -0.25) is 14.2 Å². The highest BCUT2D eigenvalue weighted by Gasteiger charge is 2.20. The van der Waals surface area contributed by atoms with Crippen LogP contribution in [0.1, 0.15) is 29.8 Å². The Hall–Kier alpha value is -3.88. The number of fused-ring (bicyclic) bond motifs is 2. The summed E-state index contributed by atoms with van der Waals surface area (Å²) in [5.74, 6) is -1.07. The first kappa shape index (κ1) is 19.1. The molecular weight excluding hydrogens is 398 g/mol. The first-order chi connectivity index (χ1) is 15.1. The standard InChI is InChI=1S/C22H21N5O4/c28-20(25-9-3-1-4-10-25)14-26-18-12-15(7-8-19(18)31-22(26)30)23-21(29)17-13-16-6-2-5-11-27(16)24-17/h2,5-8,11-13H,1,3-4,9-10,14H2,(H,23,29). The number of piperidine rings is 1. The number of rotatable bonds is 4. The third-order valence-corrected chi connectivity index (χ3v) is 5.53. The number of aromatic nitrogens is 3. The number of nitrogens with one attached hydrogen (secondary N) is 1. The number of oxazole rings is 1. The quantitative estimate of drug-likeness (QED) is 0.548. The molecule has 158 valence electrons. The fourth-order valence-electron chi connectivity index (χ4n) is 3.91. The van der Waals surface area contributed by atoms with Gasteiger partial charge < -0.3 is 14.6 Å². The van der Waals surface area contributed by atoms with E-state index in [1.54, 1.807) is 39.9 Å². The summed E-state index contributed by atoms with van der Waals surface area (Å²) < 4.78 is 8.22. The van der Waals surface area contributed by atoms with Gasteiger partial charge in [-0.25, -0.2) is 9.31 Å². The van der Waals surface area contributed by atoms with Crippen molar-refractivity contribution in [1.82, 2.24) is 19.1 Å². The molecule has 0 bridgehead atoms. The van der Waals surface area contributed by atoms with Crippen molar-refractivity contribution in [2.75, 3.05) is 18.4 Å². The van der Waals surface area contributed by atoms with Crippen LogP contribution in [0.25, 0.3) is 16.6 Å². The van der Waals surface area contributed by atoms with Crippen LogP contribution in [-0.2, 0) is 11.3 Å². The molecule has 0 aliphatic carbocycles. The Morgan fingerprint density at radius 1 is 1.06 bits per heavy atom. The number of carbonyl (C=O) groups excluding carboxylic acids is 2. The molecule has 1 aromatic carbocycles. The Labute approximate surface area is 176 Å². The third kappa shape index (κ3) is 3.70. The van der Waals surface area contributed by atoms with E-state index >= 15 is 0 Å². The normalized spacial score (nSPS) is 14.3. The van der Waals surface area contributed by atoms with E-state index in [0.717, 1.165) is 24.8 Å². The van der Waals surface area contributed by atoms with Gasteiger partial charge in [0.25, 0.3) is 5.91 Å². The van der Waals surface area contributed by atoms with E-state index < -0.39 is 5.76 Å². The van der Waals surface area contributed by atoms with Crippen LogP contribution >= 0.6 is 0 Å². The highest BCUT2D eigenvalue weighted by Crippen LogP contribution is 2.20. The minimum atomic E-state index is -0.593. The molecule has 0 atom stereocenters. The number of nitrogens with zero attached hydrogens (tertiary/aromatic N) is 4. The Bertz CT molecular complexity index is 1310. The van der Waals surface area contributed by atoms with Crippen molar-refractivity contribution in [2.24, 2.45) is 0 Å². The van der Waals surface area contributed by atoms with Gasteiger partial charge in [0.2, 0.25) is 5.91 Å². The number of anilines is 1. The minimum absolute atomic E-state index is 0.0876. The van der Waals surface area contributed by atoms with Crippen molar-refractivity contribution in [3.63, 3.8) is 0 Å². The highest BCUT2D eigenvalue weighted by atomic mass is 16.4. The first-order valence-corrected chi connectivity index (χ1v) is 10.3. The molecule has 4 aromatic rings. The van der Waals surface area contributed by atoms with Crippen LogP contribution in [0.4, 0.5) is 5.69 Å². The maximum absolute atomic E-state index is 12.7. The molecule has 0 spiro atoms. The summed E-state index contributed by atoms with van der Waals surface area (Å²) in [5, 5.41) is 7.06. The molecule has 5 rings (SSSR count). The molecule has 0 unspecified atom stereocenters. The van der Waals surface area contributed by atoms with Crippen molar-refractivity contribution < 1.29 is 14.0 Å². The SMILES string of the molecule is O=C(Nc1ccc2oc(=O)n(CC(=O)N3CCCCC3)c2c1)c1cc2ccccn2n1. The number of likely N-dealkylation sites (tertiary alicyclic amines) is 1. The lowest BCUT2D eigenvalue weighted by molar-refractivity contribution is -0.132. The Morgan fingerprint density at radius 2 is 1.90 bits per heavy atom. The fourth-order valence-corrected chi connectivity index (χ4v) is 3.91. The highest BCUT2D eigenvalue weighted by molar-refractivity contribution is 6.04. The van der Waals surface area contributed by atoms with Crippen LogP contribution in [0.15, 0.2) is 57.9 Å². The molecule has 1 N–H and O–H groups in total. The van der Waals surface area contributed by atoms with E-state index in [1.165, 1.54) is 4.57 Å². The van der Waals surface area contributed by atoms with E-state index in [2.05, 4.69) is 10.4 Å². The molecule has 9 nitrogen and oxygen atoms in total. The molecule has 4 heterocycles. The second-order valence-electron chi connectivity index (χ2n) is 7.63. The molecule has 0 radical (unpaired) electrons. The summed E-state index contributed by atoms with van der Waals surface area (Å²) in [6.45, 7) is 1.34. The Kier molecular flexibility index (Phi) is 4.78. The molecule has 0 saturated carbocycles. The van der Waals surface area contributed by atoms with Crippen LogP contribution in [0, 0.1) is 0 Å². The van der Waals surface area contributed by atoms with E-state index in [1.807, 2.05) is 18.2 Å². The lowest BCUT2D eigenvalue weighted by Crippen LogP contribution is -2.39. The minimum Gasteiger partial charge on any atom is -0.408 e. The molecule has 1 aliphatic rings. The van der Waals surface area contributed by atoms with Crippen LogP contribution in [-0.4, -0.2) is 44.0 Å². The Morgan fingerprint density at radius 3 is 2.71 bits per heavy atom. The Balaban J connectivity index is 1.40.